The van der Waals surface area contributed by atoms with Crippen molar-refractivity contribution in [3.05, 3.63) is 52.5 Å². The fourth-order valence-corrected chi connectivity index (χ4v) is 2.96. The number of likely N-dealkylation sites (N-methyl/N-ethyl adjacent to an activating group) is 1. The summed E-state index contributed by atoms with van der Waals surface area (Å²) in [6, 6.07) is 11.2. The number of nitrogens with one attached hydrogen (secondary N) is 2. The third-order valence-corrected chi connectivity index (χ3v) is 5.08. The third kappa shape index (κ3) is 5.62. The van der Waals surface area contributed by atoms with E-state index in [4.69, 9.17) is 21.1 Å². The summed E-state index contributed by atoms with van der Waals surface area (Å²) < 4.78 is 10.6. The molecule has 2 aromatic carbocycles. The molecule has 0 bridgehead atoms. The first kappa shape index (κ1) is 21.1. The second-order valence-electron chi connectivity index (χ2n) is 6.71. The van der Waals surface area contributed by atoms with Crippen LogP contribution in [0.25, 0.3) is 0 Å². The molecular weight excluding hydrogens is 364 g/mol. The summed E-state index contributed by atoms with van der Waals surface area (Å²) in [6.07, 6.45) is 0.833. The van der Waals surface area contributed by atoms with Gasteiger partial charge in [0, 0.05) is 17.1 Å². The average Bonchev–Trinajstić information content (AvgIpc) is 2.67. The van der Waals surface area contributed by atoms with Gasteiger partial charge < -0.3 is 19.7 Å². The number of amides is 1. The maximum absolute atomic E-state index is 12.6. The Hall–Kier alpha value is -2.24. The molecule has 27 heavy (non-hydrogen) atoms. The Labute approximate surface area is 166 Å². The van der Waals surface area contributed by atoms with E-state index in [9.17, 15) is 4.79 Å². The van der Waals surface area contributed by atoms with Gasteiger partial charge in [-0.15, -0.1) is 0 Å². The molecular formula is C21H28ClN2O3+. The molecule has 0 aliphatic carbocycles. The molecule has 2 atom stereocenters. The summed E-state index contributed by atoms with van der Waals surface area (Å²) in [5.41, 5.74) is 2.89. The monoisotopic (exact) mass is 391 g/mol. The van der Waals surface area contributed by atoms with Crippen molar-refractivity contribution in [2.45, 2.75) is 26.3 Å². The van der Waals surface area contributed by atoms with E-state index < -0.39 is 0 Å². The molecule has 0 saturated carbocycles. The molecule has 0 spiro atoms. The van der Waals surface area contributed by atoms with Gasteiger partial charge in [0.25, 0.3) is 5.91 Å². The second kappa shape index (κ2) is 9.62. The van der Waals surface area contributed by atoms with Crippen LogP contribution in [-0.2, 0) is 11.2 Å². The number of benzene rings is 2. The first-order chi connectivity index (χ1) is 12.8. The van der Waals surface area contributed by atoms with Crippen molar-refractivity contribution in [2.24, 2.45) is 0 Å². The van der Waals surface area contributed by atoms with Crippen LogP contribution in [0.3, 0.4) is 0 Å². The lowest BCUT2D eigenvalue weighted by Crippen LogP contribution is -3.14. The zero-order valence-electron chi connectivity index (χ0n) is 16.6. The van der Waals surface area contributed by atoms with Gasteiger partial charge in [0.2, 0.25) is 0 Å². The van der Waals surface area contributed by atoms with E-state index in [0.29, 0.717) is 10.8 Å². The van der Waals surface area contributed by atoms with Gasteiger partial charge in [0.1, 0.15) is 0 Å². The Morgan fingerprint density at radius 2 is 1.85 bits per heavy atom. The number of aryl methyl sites for hydroxylation is 1. The fraction of sp³-hybridized carbons (Fsp3) is 0.381. The highest BCUT2D eigenvalue weighted by atomic mass is 35.5. The third-order valence-electron chi connectivity index (χ3n) is 4.85. The van der Waals surface area contributed by atoms with Gasteiger partial charge in [-0.2, -0.15) is 0 Å². The van der Waals surface area contributed by atoms with Crippen molar-refractivity contribution in [3.63, 3.8) is 0 Å². The summed E-state index contributed by atoms with van der Waals surface area (Å²) in [5.74, 6) is 1.41. The van der Waals surface area contributed by atoms with Gasteiger partial charge in [-0.3, -0.25) is 4.79 Å². The Bertz CT molecular complexity index is 795. The SMILES string of the molecule is COc1ccc(CC[NH+](C)[C@@H](C)C(=O)Nc2cc(Cl)ccc2C)cc1OC. The first-order valence-electron chi connectivity index (χ1n) is 8.96. The largest absolute Gasteiger partial charge is 0.493 e. The Morgan fingerprint density at radius 3 is 2.52 bits per heavy atom. The van der Waals surface area contributed by atoms with Gasteiger partial charge in [-0.05, 0) is 49.2 Å². The molecule has 1 amide bonds. The molecule has 0 fully saturated rings. The van der Waals surface area contributed by atoms with Crippen molar-refractivity contribution in [1.82, 2.24) is 0 Å². The van der Waals surface area contributed by atoms with Crippen LogP contribution in [0.2, 0.25) is 5.02 Å². The number of carbonyl (C=O) groups excluding carboxylic acids is 1. The van der Waals surface area contributed by atoms with Crippen LogP contribution in [0, 0.1) is 6.92 Å². The van der Waals surface area contributed by atoms with E-state index in [2.05, 4.69) is 5.32 Å². The molecule has 2 aromatic rings. The minimum absolute atomic E-state index is 0.0230. The minimum atomic E-state index is -0.191. The predicted molar refractivity (Wildman–Crippen MR) is 109 cm³/mol. The molecule has 2 N–H and O–H groups in total. The van der Waals surface area contributed by atoms with Crippen LogP contribution in [-0.4, -0.2) is 39.8 Å². The molecule has 0 saturated heterocycles. The Kier molecular flexibility index (Phi) is 7.51. The molecule has 6 heteroatoms. The lowest BCUT2D eigenvalue weighted by molar-refractivity contribution is -0.893. The van der Waals surface area contributed by atoms with Gasteiger partial charge in [-0.25, -0.2) is 0 Å². The van der Waals surface area contributed by atoms with Crippen molar-refractivity contribution in [1.29, 1.82) is 0 Å². The van der Waals surface area contributed by atoms with Crippen molar-refractivity contribution >= 4 is 23.2 Å². The molecule has 5 nitrogen and oxygen atoms in total. The smallest absolute Gasteiger partial charge is 0.282 e. The highest BCUT2D eigenvalue weighted by molar-refractivity contribution is 6.31. The number of methoxy groups -OCH3 is 2. The summed E-state index contributed by atoms with van der Waals surface area (Å²) in [4.78, 5) is 13.7. The quantitative estimate of drug-likeness (QED) is 0.727. The van der Waals surface area contributed by atoms with Crippen LogP contribution < -0.4 is 19.7 Å². The minimum Gasteiger partial charge on any atom is -0.493 e. The van der Waals surface area contributed by atoms with E-state index in [1.165, 1.54) is 0 Å². The van der Waals surface area contributed by atoms with Crippen molar-refractivity contribution < 1.29 is 19.2 Å². The van der Waals surface area contributed by atoms with E-state index in [0.717, 1.165) is 40.4 Å². The normalized spacial score (nSPS) is 13.0. The molecule has 2 rings (SSSR count). The maximum atomic E-state index is 12.6. The second-order valence-corrected chi connectivity index (χ2v) is 7.14. The van der Waals surface area contributed by atoms with E-state index >= 15 is 0 Å². The molecule has 0 aliphatic heterocycles. The topological polar surface area (TPSA) is 52.0 Å². The molecule has 146 valence electrons. The van der Waals surface area contributed by atoms with Gasteiger partial charge in [0.15, 0.2) is 17.5 Å². The lowest BCUT2D eigenvalue weighted by atomic mass is 10.1. The van der Waals surface area contributed by atoms with Crippen LogP contribution in [0.15, 0.2) is 36.4 Å². The molecule has 0 heterocycles. The van der Waals surface area contributed by atoms with Crippen LogP contribution in [0.1, 0.15) is 18.1 Å². The number of anilines is 1. The first-order valence-corrected chi connectivity index (χ1v) is 9.33. The molecule has 0 radical (unpaired) electrons. The van der Waals surface area contributed by atoms with Crippen molar-refractivity contribution in [2.75, 3.05) is 33.1 Å². The molecule has 1 unspecified atom stereocenters. The lowest BCUT2D eigenvalue weighted by Gasteiger charge is -2.22. The van der Waals surface area contributed by atoms with Crippen LogP contribution in [0.5, 0.6) is 11.5 Å². The number of quaternary nitrogens is 1. The number of hydrogen-bond donors (Lipinski definition) is 2. The highest BCUT2D eigenvalue weighted by Crippen LogP contribution is 2.27. The fourth-order valence-electron chi connectivity index (χ4n) is 2.79. The van der Waals surface area contributed by atoms with E-state index in [1.807, 2.05) is 51.2 Å². The van der Waals surface area contributed by atoms with Gasteiger partial charge >= 0.3 is 0 Å². The van der Waals surface area contributed by atoms with Gasteiger partial charge in [0.05, 0.1) is 27.8 Å². The molecule has 0 aromatic heterocycles. The molecule has 0 aliphatic rings. The summed E-state index contributed by atoms with van der Waals surface area (Å²) in [5, 5.41) is 3.59. The van der Waals surface area contributed by atoms with E-state index in [1.54, 1.807) is 20.3 Å². The summed E-state index contributed by atoms with van der Waals surface area (Å²) >= 11 is 6.03. The standard InChI is InChI=1S/C21H27ClN2O3/c1-14-6-8-17(22)13-18(14)23-21(25)15(2)24(3)11-10-16-7-9-19(26-4)20(12-16)27-5/h6-9,12-13,15H,10-11H2,1-5H3,(H,23,25)/p+1/t15-/m0/s1. The van der Waals surface area contributed by atoms with Crippen LogP contribution in [0.4, 0.5) is 5.69 Å². The van der Waals surface area contributed by atoms with Gasteiger partial charge in [-0.1, -0.05) is 23.7 Å². The van der Waals surface area contributed by atoms with Crippen molar-refractivity contribution in [3.8, 4) is 11.5 Å². The average molecular weight is 392 g/mol. The Balaban J connectivity index is 1.95. The summed E-state index contributed by atoms with van der Waals surface area (Å²) in [7, 11) is 5.27. The zero-order valence-corrected chi connectivity index (χ0v) is 17.3. The number of halogens is 1. The van der Waals surface area contributed by atoms with Crippen LogP contribution >= 0.6 is 11.6 Å². The predicted octanol–water partition coefficient (Wildman–Crippen LogP) is 2.75. The summed E-state index contributed by atoms with van der Waals surface area (Å²) in [6.45, 7) is 4.70. The Morgan fingerprint density at radius 1 is 1.15 bits per heavy atom. The maximum Gasteiger partial charge on any atom is 0.282 e. The number of rotatable bonds is 8. The van der Waals surface area contributed by atoms with E-state index in [-0.39, 0.29) is 11.9 Å². The number of carbonyl (C=O) groups is 1. The number of ether oxygens (including phenoxy) is 2. The highest BCUT2D eigenvalue weighted by Gasteiger charge is 2.22. The zero-order chi connectivity index (χ0) is 20.0. The number of hydrogen-bond acceptors (Lipinski definition) is 3.